The van der Waals surface area contributed by atoms with E-state index in [0.29, 0.717) is 13.1 Å². The summed E-state index contributed by atoms with van der Waals surface area (Å²) in [4.78, 5) is 29.1. The van der Waals surface area contributed by atoms with E-state index in [0.717, 1.165) is 38.2 Å². The first-order chi connectivity index (χ1) is 13.2. The molecule has 1 aromatic carbocycles. The number of aromatic nitrogens is 2. The molecule has 142 valence electrons. The fourth-order valence-electron chi connectivity index (χ4n) is 3.80. The van der Waals surface area contributed by atoms with Crippen LogP contribution in [0.25, 0.3) is 0 Å². The van der Waals surface area contributed by atoms with Crippen LogP contribution >= 0.6 is 0 Å². The van der Waals surface area contributed by atoms with Gasteiger partial charge in [0.25, 0.3) is 5.56 Å². The van der Waals surface area contributed by atoms with Gasteiger partial charge in [0, 0.05) is 44.8 Å². The van der Waals surface area contributed by atoms with Gasteiger partial charge in [0.1, 0.15) is 6.54 Å². The second kappa shape index (κ2) is 7.92. The third kappa shape index (κ3) is 4.03. The van der Waals surface area contributed by atoms with Crippen LogP contribution in [0.15, 0.2) is 47.4 Å². The summed E-state index contributed by atoms with van der Waals surface area (Å²) in [7, 11) is 0. The summed E-state index contributed by atoms with van der Waals surface area (Å²) in [5.74, 6) is -0.0686. The molecule has 1 N–H and O–H groups in total. The summed E-state index contributed by atoms with van der Waals surface area (Å²) in [6.07, 6.45) is 3.99. The SMILES string of the molecule is O=C(Cn1ncc(N2CCCC2)cc1=O)N1CCNC(c2ccccc2)C1. The Labute approximate surface area is 158 Å². The minimum absolute atomic E-state index is 0.0133. The van der Waals surface area contributed by atoms with Crippen LogP contribution in [0.1, 0.15) is 24.4 Å². The molecule has 2 aliphatic heterocycles. The lowest BCUT2D eigenvalue weighted by Gasteiger charge is -2.34. The van der Waals surface area contributed by atoms with Crippen LogP contribution in [0.4, 0.5) is 5.69 Å². The van der Waals surface area contributed by atoms with Crippen molar-refractivity contribution in [2.24, 2.45) is 0 Å². The average molecular weight is 367 g/mol. The van der Waals surface area contributed by atoms with Crippen molar-refractivity contribution in [2.45, 2.75) is 25.4 Å². The lowest BCUT2D eigenvalue weighted by atomic mass is 10.0. The highest BCUT2D eigenvalue weighted by molar-refractivity contribution is 5.76. The molecule has 4 rings (SSSR count). The Hall–Kier alpha value is -2.67. The van der Waals surface area contributed by atoms with E-state index in [1.54, 1.807) is 12.3 Å². The van der Waals surface area contributed by atoms with Crippen molar-refractivity contribution in [3.8, 4) is 0 Å². The maximum atomic E-state index is 12.7. The molecule has 3 heterocycles. The first-order valence-electron chi connectivity index (χ1n) is 9.59. The van der Waals surface area contributed by atoms with E-state index in [9.17, 15) is 9.59 Å². The number of nitrogens with one attached hydrogen (secondary N) is 1. The zero-order valence-electron chi connectivity index (χ0n) is 15.4. The number of nitrogens with zero attached hydrogens (tertiary/aromatic N) is 4. The molecule has 0 spiro atoms. The highest BCUT2D eigenvalue weighted by Gasteiger charge is 2.24. The smallest absolute Gasteiger partial charge is 0.269 e. The highest BCUT2D eigenvalue weighted by atomic mass is 16.2. The van der Waals surface area contributed by atoms with Gasteiger partial charge in [-0.15, -0.1) is 0 Å². The standard InChI is InChI=1S/C20H25N5O2/c26-19-12-17(23-9-4-5-10-23)13-22-25(19)15-20(27)24-11-8-21-18(14-24)16-6-2-1-3-7-16/h1-3,6-7,12-13,18,21H,4-5,8-11,14-15H2. The Morgan fingerprint density at radius 2 is 1.93 bits per heavy atom. The zero-order valence-corrected chi connectivity index (χ0v) is 15.4. The van der Waals surface area contributed by atoms with E-state index in [4.69, 9.17) is 0 Å². The molecular formula is C20H25N5O2. The maximum Gasteiger partial charge on any atom is 0.269 e. The molecule has 2 aliphatic rings. The minimum atomic E-state index is -0.220. The molecule has 1 atom stereocenters. The van der Waals surface area contributed by atoms with Gasteiger partial charge >= 0.3 is 0 Å². The third-order valence-corrected chi connectivity index (χ3v) is 5.34. The average Bonchev–Trinajstić information content (AvgIpc) is 3.25. The van der Waals surface area contributed by atoms with Gasteiger partial charge in [-0.1, -0.05) is 30.3 Å². The van der Waals surface area contributed by atoms with Gasteiger partial charge < -0.3 is 15.1 Å². The van der Waals surface area contributed by atoms with Crippen molar-refractivity contribution < 1.29 is 4.79 Å². The van der Waals surface area contributed by atoms with E-state index < -0.39 is 0 Å². The van der Waals surface area contributed by atoms with Crippen LogP contribution in [-0.2, 0) is 11.3 Å². The van der Waals surface area contributed by atoms with E-state index in [-0.39, 0.29) is 24.1 Å². The van der Waals surface area contributed by atoms with Gasteiger partial charge in [-0.3, -0.25) is 9.59 Å². The summed E-state index contributed by atoms with van der Waals surface area (Å²) < 4.78 is 1.27. The van der Waals surface area contributed by atoms with Crippen LogP contribution in [0.2, 0.25) is 0 Å². The number of hydrogen-bond acceptors (Lipinski definition) is 5. The topological polar surface area (TPSA) is 70.5 Å². The van der Waals surface area contributed by atoms with Gasteiger partial charge in [0.05, 0.1) is 11.9 Å². The van der Waals surface area contributed by atoms with Crippen molar-refractivity contribution in [3.63, 3.8) is 0 Å². The van der Waals surface area contributed by atoms with Crippen LogP contribution in [0.5, 0.6) is 0 Å². The highest BCUT2D eigenvalue weighted by Crippen LogP contribution is 2.18. The van der Waals surface area contributed by atoms with Gasteiger partial charge in [0.2, 0.25) is 5.91 Å². The Balaban J connectivity index is 1.42. The maximum absolute atomic E-state index is 12.7. The quantitative estimate of drug-likeness (QED) is 0.874. The minimum Gasteiger partial charge on any atom is -0.370 e. The summed E-state index contributed by atoms with van der Waals surface area (Å²) in [5, 5.41) is 7.68. The monoisotopic (exact) mass is 367 g/mol. The van der Waals surface area contributed by atoms with Crippen molar-refractivity contribution in [3.05, 3.63) is 58.5 Å². The fraction of sp³-hybridized carbons (Fsp3) is 0.450. The van der Waals surface area contributed by atoms with Gasteiger partial charge in [0.15, 0.2) is 0 Å². The Kier molecular flexibility index (Phi) is 5.20. The second-order valence-corrected chi connectivity index (χ2v) is 7.16. The number of hydrogen-bond donors (Lipinski definition) is 1. The molecular weight excluding hydrogens is 342 g/mol. The summed E-state index contributed by atoms with van der Waals surface area (Å²) >= 11 is 0. The molecule has 1 unspecified atom stereocenters. The van der Waals surface area contributed by atoms with E-state index in [1.165, 1.54) is 10.2 Å². The van der Waals surface area contributed by atoms with Crippen LogP contribution in [-0.4, -0.2) is 53.3 Å². The normalized spacial score (nSPS) is 20.1. The van der Waals surface area contributed by atoms with Crippen molar-refractivity contribution in [1.29, 1.82) is 0 Å². The number of benzene rings is 1. The number of carbonyl (C=O) groups excluding carboxylic acids is 1. The van der Waals surface area contributed by atoms with E-state index in [2.05, 4.69) is 27.4 Å². The van der Waals surface area contributed by atoms with Crippen molar-refractivity contribution >= 4 is 11.6 Å². The van der Waals surface area contributed by atoms with Gasteiger partial charge in [-0.2, -0.15) is 5.10 Å². The second-order valence-electron chi connectivity index (χ2n) is 7.16. The molecule has 2 fully saturated rings. The number of carbonyl (C=O) groups is 1. The molecule has 0 aliphatic carbocycles. The van der Waals surface area contributed by atoms with Crippen LogP contribution in [0, 0.1) is 0 Å². The molecule has 0 bridgehead atoms. The molecule has 27 heavy (non-hydrogen) atoms. The predicted molar refractivity (Wildman–Crippen MR) is 104 cm³/mol. The molecule has 7 heteroatoms. The van der Waals surface area contributed by atoms with Gasteiger partial charge in [-0.25, -0.2) is 4.68 Å². The third-order valence-electron chi connectivity index (χ3n) is 5.34. The first-order valence-corrected chi connectivity index (χ1v) is 9.59. The Morgan fingerprint density at radius 1 is 1.15 bits per heavy atom. The molecule has 2 saturated heterocycles. The van der Waals surface area contributed by atoms with Crippen molar-refractivity contribution in [1.82, 2.24) is 20.0 Å². The van der Waals surface area contributed by atoms with Crippen LogP contribution in [0.3, 0.4) is 0 Å². The fourth-order valence-corrected chi connectivity index (χ4v) is 3.80. The number of rotatable bonds is 4. The van der Waals surface area contributed by atoms with E-state index in [1.807, 2.05) is 23.1 Å². The van der Waals surface area contributed by atoms with E-state index >= 15 is 0 Å². The Morgan fingerprint density at radius 3 is 2.67 bits per heavy atom. The Bertz CT molecular complexity index is 845. The first kappa shape index (κ1) is 17.7. The molecule has 1 amide bonds. The molecule has 2 aromatic rings. The number of piperazine rings is 1. The van der Waals surface area contributed by atoms with Gasteiger partial charge in [-0.05, 0) is 18.4 Å². The summed E-state index contributed by atoms with van der Waals surface area (Å²) in [6.45, 7) is 3.89. The molecule has 0 radical (unpaired) electrons. The number of amides is 1. The summed E-state index contributed by atoms with van der Waals surface area (Å²) in [6, 6.07) is 11.8. The predicted octanol–water partition coefficient (Wildman–Crippen LogP) is 1.02. The lowest BCUT2D eigenvalue weighted by Crippen LogP contribution is -2.49. The van der Waals surface area contributed by atoms with Crippen molar-refractivity contribution in [2.75, 3.05) is 37.6 Å². The lowest BCUT2D eigenvalue weighted by molar-refractivity contribution is -0.133. The molecule has 1 aromatic heterocycles. The van der Waals surface area contributed by atoms with Crippen LogP contribution < -0.4 is 15.8 Å². The zero-order chi connectivity index (χ0) is 18.6. The number of anilines is 1. The molecule has 0 saturated carbocycles. The largest absolute Gasteiger partial charge is 0.370 e. The summed E-state index contributed by atoms with van der Waals surface area (Å²) in [5.41, 5.74) is 1.80. The molecule has 7 nitrogen and oxygen atoms in total.